The molecule has 2 N–H and O–H groups in total. The molecule has 0 saturated carbocycles. The second-order valence-electron chi connectivity index (χ2n) is 2.72. The van der Waals surface area contributed by atoms with Crippen LogP contribution in [0.3, 0.4) is 0 Å². The molecular formula is C10H12N2O3. The Morgan fingerprint density at radius 3 is 2.87 bits per heavy atom. The minimum atomic E-state index is -1.03. The van der Waals surface area contributed by atoms with Gasteiger partial charge in [0.2, 0.25) is 0 Å². The van der Waals surface area contributed by atoms with Gasteiger partial charge < -0.3 is 9.84 Å². The smallest absolute Gasteiger partial charge is 0.338 e. The molecule has 1 aromatic carbocycles. The van der Waals surface area contributed by atoms with Gasteiger partial charge in [0.05, 0.1) is 18.4 Å². The fraction of sp³-hybridized carbons (Fsp3) is 0.200. The van der Waals surface area contributed by atoms with Crippen LogP contribution < -0.4 is 10.2 Å². The number of carboxylic acids is 1. The molecular weight excluding hydrogens is 196 g/mol. The second kappa shape index (κ2) is 4.99. The Morgan fingerprint density at radius 1 is 1.60 bits per heavy atom. The average Bonchev–Trinajstić information content (AvgIpc) is 2.26. The fourth-order valence-electron chi connectivity index (χ4n) is 1.06. The Balaban J connectivity index is 3.09. The molecule has 0 aliphatic heterocycles. The van der Waals surface area contributed by atoms with Crippen LogP contribution in [0.15, 0.2) is 23.3 Å². The van der Waals surface area contributed by atoms with Crippen molar-refractivity contribution in [1.82, 2.24) is 0 Å². The molecule has 0 aliphatic rings. The van der Waals surface area contributed by atoms with Crippen LogP contribution in [0.1, 0.15) is 17.3 Å². The summed E-state index contributed by atoms with van der Waals surface area (Å²) in [5, 5.41) is 12.7. The molecule has 0 heterocycles. The van der Waals surface area contributed by atoms with Crippen LogP contribution in [0.2, 0.25) is 0 Å². The zero-order valence-corrected chi connectivity index (χ0v) is 8.52. The van der Waals surface area contributed by atoms with Crippen LogP contribution in [0.4, 0.5) is 5.69 Å². The minimum absolute atomic E-state index is 0.125. The van der Waals surface area contributed by atoms with Crippen molar-refractivity contribution in [1.29, 1.82) is 0 Å². The highest BCUT2D eigenvalue weighted by Crippen LogP contribution is 2.21. The lowest BCUT2D eigenvalue weighted by molar-refractivity contribution is 0.0697. The van der Waals surface area contributed by atoms with E-state index < -0.39 is 5.97 Å². The number of benzene rings is 1. The van der Waals surface area contributed by atoms with Gasteiger partial charge in [-0.3, -0.25) is 5.43 Å². The van der Waals surface area contributed by atoms with Crippen molar-refractivity contribution < 1.29 is 14.6 Å². The first kappa shape index (κ1) is 11.0. The van der Waals surface area contributed by atoms with Crippen molar-refractivity contribution in [3.63, 3.8) is 0 Å². The van der Waals surface area contributed by atoms with Gasteiger partial charge in [-0.15, -0.1) is 0 Å². The third-order valence-corrected chi connectivity index (χ3v) is 1.77. The maximum absolute atomic E-state index is 10.9. The van der Waals surface area contributed by atoms with Crippen LogP contribution in [-0.2, 0) is 0 Å². The molecule has 80 valence electrons. The van der Waals surface area contributed by atoms with E-state index in [4.69, 9.17) is 9.84 Å². The Labute approximate surface area is 87.4 Å². The fourth-order valence-corrected chi connectivity index (χ4v) is 1.06. The summed E-state index contributed by atoms with van der Waals surface area (Å²) in [6.07, 6.45) is 1.54. The highest BCUT2D eigenvalue weighted by atomic mass is 16.5. The third kappa shape index (κ3) is 2.70. The molecule has 5 nitrogen and oxygen atoms in total. The zero-order chi connectivity index (χ0) is 11.3. The highest BCUT2D eigenvalue weighted by molar-refractivity contribution is 5.94. The van der Waals surface area contributed by atoms with Gasteiger partial charge in [-0.1, -0.05) is 0 Å². The van der Waals surface area contributed by atoms with Gasteiger partial charge in [0.1, 0.15) is 5.75 Å². The summed E-state index contributed by atoms with van der Waals surface area (Å²) in [7, 11) is 1.48. The molecule has 1 aromatic rings. The molecule has 0 saturated heterocycles. The van der Waals surface area contributed by atoms with Crippen LogP contribution >= 0.6 is 0 Å². The number of carboxylic acid groups (broad SMARTS) is 1. The topological polar surface area (TPSA) is 70.9 Å². The summed E-state index contributed by atoms with van der Waals surface area (Å²) in [5.41, 5.74) is 3.19. The summed E-state index contributed by atoms with van der Waals surface area (Å²) in [4.78, 5) is 10.9. The van der Waals surface area contributed by atoms with Crippen molar-refractivity contribution in [3.8, 4) is 5.75 Å². The Bertz CT molecular complexity index is 388. The van der Waals surface area contributed by atoms with Gasteiger partial charge in [-0.25, -0.2) is 4.79 Å². The first-order valence-corrected chi connectivity index (χ1v) is 4.34. The molecule has 0 spiro atoms. The predicted molar refractivity (Wildman–Crippen MR) is 57.7 cm³/mol. The molecule has 15 heavy (non-hydrogen) atoms. The van der Waals surface area contributed by atoms with E-state index in [2.05, 4.69) is 10.5 Å². The van der Waals surface area contributed by atoms with Crippen LogP contribution in [0.5, 0.6) is 5.75 Å². The first-order valence-electron chi connectivity index (χ1n) is 4.34. The summed E-state index contributed by atoms with van der Waals surface area (Å²) >= 11 is 0. The quantitative estimate of drug-likeness (QED) is 0.584. The zero-order valence-electron chi connectivity index (χ0n) is 8.52. The molecule has 0 aromatic heterocycles. The lowest BCUT2D eigenvalue weighted by atomic mass is 10.2. The van der Waals surface area contributed by atoms with Gasteiger partial charge >= 0.3 is 5.97 Å². The number of rotatable bonds is 4. The van der Waals surface area contributed by atoms with Crippen molar-refractivity contribution in [2.45, 2.75) is 6.92 Å². The number of hydrogen-bond donors (Lipinski definition) is 2. The number of anilines is 1. The van der Waals surface area contributed by atoms with Crippen molar-refractivity contribution in [2.75, 3.05) is 12.5 Å². The van der Waals surface area contributed by atoms with E-state index in [0.29, 0.717) is 11.4 Å². The number of aromatic carboxylic acids is 1. The van der Waals surface area contributed by atoms with Gasteiger partial charge in [0, 0.05) is 6.21 Å². The number of methoxy groups -OCH3 is 1. The van der Waals surface area contributed by atoms with Crippen molar-refractivity contribution >= 4 is 17.9 Å². The number of nitrogens with zero attached hydrogens (tertiary/aromatic N) is 1. The first-order chi connectivity index (χ1) is 7.19. The van der Waals surface area contributed by atoms with E-state index in [1.807, 2.05) is 0 Å². The summed E-state index contributed by atoms with van der Waals surface area (Å²) < 4.78 is 4.93. The van der Waals surface area contributed by atoms with E-state index in [0.717, 1.165) is 0 Å². The lowest BCUT2D eigenvalue weighted by Crippen LogP contribution is -2.02. The molecule has 0 bridgehead atoms. The highest BCUT2D eigenvalue weighted by Gasteiger charge is 2.10. The molecule has 5 heteroatoms. The van der Waals surface area contributed by atoms with E-state index >= 15 is 0 Å². The van der Waals surface area contributed by atoms with E-state index in [1.165, 1.54) is 19.4 Å². The number of hydrazone groups is 1. The Morgan fingerprint density at radius 2 is 2.33 bits per heavy atom. The molecule has 0 atom stereocenters. The average molecular weight is 208 g/mol. The monoisotopic (exact) mass is 208 g/mol. The van der Waals surface area contributed by atoms with Crippen LogP contribution in [0.25, 0.3) is 0 Å². The largest absolute Gasteiger partial charge is 0.497 e. The normalized spacial score (nSPS) is 10.3. The van der Waals surface area contributed by atoms with E-state index in [1.54, 1.807) is 19.1 Å². The summed E-state index contributed by atoms with van der Waals surface area (Å²) in [6.45, 7) is 1.73. The van der Waals surface area contributed by atoms with Gasteiger partial charge in [0.25, 0.3) is 0 Å². The SMILES string of the molecule is C/C=N/Nc1ccc(OC)cc1C(=O)O. The summed E-state index contributed by atoms with van der Waals surface area (Å²) in [5.74, 6) is -0.527. The molecule has 0 amide bonds. The molecule has 0 fully saturated rings. The van der Waals surface area contributed by atoms with Gasteiger partial charge in [-0.2, -0.15) is 5.10 Å². The van der Waals surface area contributed by atoms with Crippen LogP contribution in [0, 0.1) is 0 Å². The number of hydrogen-bond acceptors (Lipinski definition) is 4. The van der Waals surface area contributed by atoms with Gasteiger partial charge in [0.15, 0.2) is 0 Å². The Hall–Kier alpha value is -2.04. The lowest BCUT2D eigenvalue weighted by Gasteiger charge is -2.07. The van der Waals surface area contributed by atoms with Crippen molar-refractivity contribution in [2.24, 2.45) is 5.10 Å². The molecule has 0 unspecified atom stereocenters. The van der Waals surface area contributed by atoms with Crippen LogP contribution in [-0.4, -0.2) is 24.4 Å². The van der Waals surface area contributed by atoms with Crippen molar-refractivity contribution in [3.05, 3.63) is 23.8 Å². The molecule has 0 aliphatic carbocycles. The maximum Gasteiger partial charge on any atom is 0.338 e. The standard InChI is InChI=1S/C10H12N2O3/c1-3-11-12-9-5-4-7(15-2)6-8(9)10(13)14/h3-6,12H,1-2H3,(H,13,14)/b11-3+. The molecule has 0 radical (unpaired) electrons. The number of carbonyl (C=O) groups is 1. The number of nitrogens with one attached hydrogen (secondary N) is 1. The third-order valence-electron chi connectivity index (χ3n) is 1.77. The minimum Gasteiger partial charge on any atom is -0.497 e. The van der Waals surface area contributed by atoms with E-state index in [-0.39, 0.29) is 5.56 Å². The predicted octanol–water partition coefficient (Wildman–Crippen LogP) is 1.81. The molecule has 1 rings (SSSR count). The summed E-state index contributed by atoms with van der Waals surface area (Å²) in [6, 6.07) is 4.71. The van der Waals surface area contributed by atoms with E-state index in [9.17, 15) is 4.79 Å². The Kier molecular flexibility index (Phi) is 3.68. The second-order valence-corrected chi connectivity index (χ2v) is 2.72. The maximum atomic E-state index is 10.9. The number of ether oxygens (including phenoxy) is 1. The van der Waals surface area contributed by atoms with Gasteiger partial charge in [-0.05, 0) is 25.1 Å².